The molecule has 0 saturated carbocycles. The fraction of sp³-hybridized carbons (Fsp3) is 0.375. The van der Waals surface area contributed by atoms with Crippen LogP contribution in [0.2, 0.25) is 0 Å². The molecule has 0 aliphatic carbocycles. The van der Waals surface area contributed by atoms with Crippen LogP contribution in [0.3, 0.4) is 0 Å². The van der Waals surface area contributed by atoms with Gasteiger partial charge in [0.2, 0.25) is 5.91 Å². The van der Waals surface area contributed by atoms with Crippen LogP contribution in [0.15, 0.2) is 30.3 Å². The predicted octanol–water partition coefficient (Wildman–Crippen LogP) is 1.87. The summed E-state index contributed by atoms with van der Waals surface area (Å²) in [6, 6.07) is 6.89. The molecule has 21 heavy (non-hydrogen) atoms. The third-order valence-electron chi connectivity index (χ3n) is 3.04. The maximum atomic E-state index is 11.7. The van der Waals surface area contributed by atoms with Crippen LogP contribution in [-0.4, -0.2) is 36.7 Å². The summed E-state index contributed by atoms with van der Waals surface area (Å²) in [5.74, 6) is -1.50. The lowest BCUT2D eigenvalue weighted by molar-refractivity contribution is -0.141. The van der Waals surface area contributed by atoms with Gasteiger partial charge in [0.15, 0.2) is 0 Å². The van der Waals surface area contributed by atoms with Crippen LogP contribution in [0.1, 0.15) is 24.5 Å². The summed E-state index contributed by atoms with van der Waals surface area (Å²) in [7, 11) is 1.49. The number of carboxylic acids is 1. The molecule has 0 bridgehead atoms. The number of carbonyl (C=O) groups excluding carboxylic acids is 1. The van der Waals surface area contributed by atoms with Gasteiger partial charge in [-0.25, -0.2) is 4.79 Å². The third kappa shape index (κ3) is 6.23. The second-order valence-corrected chi connectivity index (χ2v) is 4.61. The number of carbonyl (C=O) groups is 2. The average molecular weight is 291 g/mol. The number of nitrogens with one attached hydrogen (secondary N) is 1. The zero-order valence-corrected chi connectivity index (χ0v) is 12.3. The molecule has 1 atom stereocenters. The minimum atomic E-state index is -1.07. The van der Waals surface area contributed by atoms with Gasteiger partial charge >= 0.3 is 5.97 Å². The molecular formula is C16H21NO4. The quantitative estimate of drug-likeness (QED) is 0.717. The Morgan fingerprint density at radius 1 is 1.33 bits per heavy atom. The molecule has 0 aliphatic heterocycles. The molecule has 0 aromatic heterocycles. The number of rotatable bonds is 8. The standard InChI is InChI=1S/C16H21NO4/c1-3-12-4-6-13(7-5-12)8-9-15(18)17-14(16(19)20)10-11-21-2/h4-9,14H,3,10-11H2,1-2H3,(H,17,18)(H,19,20). The summed E-state index contributed by atoms with van der Waals surface area (Å²) >= 11 is 0. The van der Waals surface area contributed by atoms with E-state index in [1.54, 1.807) is 6.08 Å². The molecule has 1 unspecified atom stereocenters. The Morgan fingerprint density at radius 2 is 2.00 bits per heavy atom. The molecule has 0 saturated heterocycles. The second-order valence-electron chi connectivity index (χ2n) is 4.61. The van der Waals surface area contributed by atoms with Gasteiger partial charge in [-0.05, 0) is 23.6 Å². The topological polar surface area (TPSA) is 75.6 Å². The SMILES string of the molecule is CCc1ccc(C=CC(=O)NC(CCOC)C(=O)O)cc1. The summed E-state index contributed by atoms with van der Waals surface area (Å²) in [6.07, 6.45) is 4.19. The number of amides is 1. The monoisotopic (exact) mass is 291 g/mol. The van der Waals surface area contributed by atoms with Crippen molar-refractivity contribution in [2.45, 2.75) is 25.8 Å². The van der Waals surface area contributed by atoms with E-state index >= 15 is 0 Å². The smallest absolute Gasteiger partial charge is 0.326 e. The molecule has 0 spiro atoms. The molecule has 1 amide bonds. The second kappa shape index (κ2) is 8.92. The number of methoxy groups -OCH3 is 1. The maximum absolute atomic E-state index is 11.7. The molecule has 2 N–H and O–H groups in total. The highest BCUT2D eigenvalue weighted by atomic mass is 16.5. The van der Waals surface area contributed by atoms with E-state index in [1.165, 1.54) is 18.7 Å². The van der Waals surface area contributed by atoms with E-state index < -0.39 is 17.9 Å². The molecular weight excluding hydrogens is 270 g/mol. The van der Waals surface area contributed by atoms with Crippen LogP contribution < -0.4 is 5.32 Å². The van der Waals surface area contributed by atoms with Gasteiger partial charge < -0.3 is 15.2 Å². The van der Waals surface area contributed by atoms with Gasteiger partial charge in [-0.2, -0.15) is 0 Å². The van der Waals surface area contributed by atoms with Crippen molar-refractivity contribution in [1.29, 1.82) is 0 Å². The van der Waals surface area contributed by atoms with Gasteiger partial charge in [0.1, 0.15) is 6.04 Å². The predicted molar refractivity (Wildman–Crippen MR) is 80.9 cm³/mol. The molecule has 5 nitrogen and oxygen atoms in total. The molecule has 1 rings (SSSR count). The molecule has 1 aromatic rings. The molecule has 0 aliphatic rings. The van der Waals surface area contributed by atoms with Crippen molar-refractivity contribution in [2.24, 2.45) is 0 Å². The number of aliphatic carboxylic acids is 1. The highest BCUT2D eigenvalue weighted by Crippen LogP contribution is 2.06. The fourth-order valence-corrected chi connectivity index (χ4v) is 1.75. The normalized spacial score (nSPS) is 12.3. The number of hydrogen-bond acceptors (Lipinski definition) is 3. The van der Waals surface area contributed by atoms with Gasteiger partial charge in [0.05, 0.1) is 0 Å². The first-order chi connectivity index (χ1) is 10.1. The Balaban J connectivity index is 2.57. The first kappa shape index (κ1) is 16.9. The van der Waals surface area contributed by atoms with Crippen molar-refractivity contribution >= 4 is 18.0 Å². The summed E-state index contributed by atoms with van der Waals surface area (Å²) in [5.41, 5.74) is 2.12. The van der Waals surface area contributed by atoms with Gasteiger partial charge in [0, 0.05) is 26.2 Å². The molecule has 0 radical (unpaired) electrons. The van der Waals surface area contributed by atoms with E-state index in [9.17, 15) is 9.59 Å². The number of ether oxygens (including phenoxy) is 1. The van der Waals surface area contributed by atoms with Crippen LogP contribution >= 0.6 is 0 Å². The highest BCUT2D eigenvalue weighted by Gasteiger charge is 2.18. The van der Waals surface area contributed by atoms with Crippen molar-refractivity contribution in [1.82, 2.24) is 5.32 Å². The number of aryl methyl sites for hydroxylation is 1. The molecule has 5 heteroatoms. The van der Waals surface area contributed by atoms with Crippen LogP contribution in [0.25, 0.3) is 6.08 Å². The minimum absolute atomic E-state index is 0.233. The first-order valence-corrected chi connectivity index (χ1v) is 6.86. The van der Waals surface area contributed by atoms with E-state index in [4.69, 9.17) is 9.84 Å². The third-order valence-corrected chi connectivity index (χ3v) is 3.04. The Labute approximate surface area is 124 Å². The fourth-order valence-electron chi connectivity index (χ4n) is 1.75. The number of carboxylic acid groups (broad SMARTS) is 1. The summed E-state index contributed by atoms with van der Waals surface area (Å²) in [4.78, 5) is 22.7. The van der Waals surface area contributed by atoms with Crippen molar-refractivity contribution in [3.8, 4) is 0 Å². The van der Waals surface area contributed by atoms with Crippen LogP contribution in [-0.2, 0) is 20.7 Å². The summed E-state index contributed by atoms with van der Waals surface area (Å²) < 4.78 is 4.82. The van der Waals surface area contributed by atoms with E-state index in [0.717, 1.165) is 12.0 Å². The highest BCUT2D eigenvalue weighted by molar-refractivity contribution is 5.94. The first-order valence-electron chi connectivity index (χ1n) is 6.86. The van der Waals surface area contributed by atoms with Gasteiger partial charge in [0.25, 0.3) is 0 Å². The Hall–Kier alpha value is -2.14. The van der Waals surface area contributed by atoms with Crippen LogP contribution in [0, 0.1) is 0 Å². The molecule has 114 valence electrons. The lowest BCUT2D eigenvalue weighted by atomic mass is 10.1. The van der Waals surface area contributed by atoms with E-state index in [-0.39, 0.29) is 13.0 Å². The van der Waals surface area contributed by atoms with E-state index in [1.807, 2.05) is 24.3 Å². The lowest BCUT2D eigenvalue weighted by Gasteiger charge is -2.12. The van der Waals surface area contributed by atoms with Crippen molar-refractivity contribution in [3.05, 3.63) is 41.5 Å². The van der Waals surface area contributed by atoms with E-state index in [2.05, 4.69) is 12.2 Å². The van der Waals surface area contributed by atoms with Crippen LogP contribution in [0.4, 0.5) is 0 Å². The molecule has 0 heterocycles. The zero-order chi connectivity index (χ0) is 15.7. The molecule has 0 fully saturated rings. The Morgan fingerprint density at radius 3 is 2.52 bits per heavy atom. The minimum Gasteiger partial charge on any atom is -0.480 e. The van der Waals surface area contributed by atoms with Crippen molar-refractivity contribution < 1.29 is 19.4 Å². The average Bonchev–Trinajstić information content (AvgIpc) is 2.49. The maximum Gasteiger partial charge on any atom is 0.326 e. The molecule has 1 aromatic carbocycles. The van der Waals surface area contributed by atoms with E-state index in [0.29, 0.717) is 0 Å². The largest absolute Gasteiger partial charge is 0.480 e. The Kier molecular flexibility index (Phi) is 7.18. The van der Waals surface area contributed by atoms with Crippen molar-refractivity contribution in [3.63, 3.8) is 0 Å². The van der Waals surface area contributed by atoms with Gasteiger partial charge in [-0.15, -0.1) is 0 Å². The summed E-state index contributed by atoms with van der Waals surface area (Å²) in [5, 5.41) is 11.4. The number of hydrogen-bond donors (Lipinski definition) is 2. The van der Waals surface area contributed by atoms with Gasteiger partial charge in [-0.3, -0.25) is 4.79 Å². The number of benzene rings is 1. The van der Waals surface area contributed by atoms with Crippen molar-refractivity contribution in [2.75, 3.05) is 13.7 Å². The zero-order valence-electron chi connectivity index (χ0n) is 12.3. The Bertz CT molecular complexity index is 494. The van der Waals surface area contributed by atoms with Gasteiger partial charge in [-0.1, -0.05) is 31.2 Å². The van der Waals surface area contributed by atoms with Crippen LogP contribution in [0.5, 0.6) is 0 Å². The lowest BCUT2D eigenvalue weighted by Crippen LogP contribution is -2.40. The summed E-state index contributed by atoms with van der Waals surface area (Å²) in [6.45, 7) is 2.35.